The maximum atomic E-state index is 5.47. The molecule has 1 rings (SSSR count). The molecule has 0 aliphatic rings. The first-order valence-electron chi connectivity index (χ1n) is 5.72. The number of nitrogens with one attached hydrogen (secondary N) is 1. The van der Waals surface area contributed by atoms with E-state index in [-0.39, 0.29) is 0 Å². The molecule has 0 spiro atoms. The highest BCUT2D eigenvalue weighted by molar-refractivity contribution is 5.50. The Morgan fingerprint density at radius 3 is 2.73 bits per heavy atom. The summed E-state index contributed by atoms with van der Waals surface area (Å²) in [4.78, 5) is 0. The normalized spacial score (nSPS) is 10.3. The number of anilines is 1. The quantitative estimate of drug-likeness (QED) is 0.693. The van der Waals surface area contributed by atoms with Crippen LogP contribution in [0.15, 0.2) is 24.3 Å². The van der Waals surface area contributed by atoms with Crippen molar-refractivity contribution in [3.8, 4) is 0 Å². The standard InChI is InChI=1S/C13H21NO/c1-3-4-10-15-11-9-14-13-8-6-5-7-12(13)2/h5-8,14H,3-4,9-11H2,1-2H3. The van der Waals surface area contributed by atoms with E-state index in [1.165, 1.54) is 17.7 Å². The fourth-order valence-electron chi connectivity index (χ4n) is 1.38. The number of aryl methyl sites for hydroxylation is 1. The van der Waals surface area contributed by atoms with Crippen LogP contribution in [0, 0.1) is 6.92 Å². The summed E-state index contributed by atoms with van der Waals surface area (Å²) in [5.74, 6) is 0. The predicted molar refractivity (Wildman–Crippen MR) is 65.4 cm³/mol. The Bertz CT molecular complexity index is 273. The molecule has 2 nitrogen and oxygen atoms in total. The number of ether oxygens (including phenoxy) is 1. The third kappa shape index (κ3) is 4.84. The van der Waals surface area contributed by atoms with Crippen molar-refractivity contribution in [1.82, 2.24) is 0 Å². The van der Waals surface area contributed by atoms with E-state index in [9.17, 15) is 0 Å². The molecule has 1 aromatic rings. The van der Waals surface area contributed by atoms with Gasteiger partial charge in [-0.25, -0.2) is 0 Å². The molecule has 0 bridgehead atoms. The van der Waals surface area contributed by atoms with Crippen molar-refractivity contribution in [2.24, 2.45) is 0 Å². The van der Waals surface area contributed by atoms with E-state index in [0.717, 1.165) is 26.2 Å². The zero-order valence-electron chi connectivity index (χ0n) is 9.75. The highest BCUT2D eigenvalue weighted by atomic mass is 16.5. The van der Waals surface area contributed by atoms with Crippen molar-refractivity contribution in [1.29, 1.82) is 0 Å². The third-order valence-electron chi connectivity index (χ3n) is 2.35. The van der Waals surface area contributed by atoms with E-state index >= 15 is 0 Å². The summed E-state index contributed by atoms with van der Waals surface area (Å²) >= 11 is 0. The fraction of sp³-hybridized carbons (Fsp3) is 0.538. The summed E-state index contributed by atoms with van der Waals surface area (Å²) in [5.41, 5.74) is 2.49. The van der Waals surface area contributed by atoms with Crippen LogP contribution in [-0.2, 0) is 4.74 Å². The number of unbranched alkanes of at least 4 members (excludes halogenated alkanes) is 1. The SMILES string of the molecule is CCCCOCCNc1ccccc1C. The van der Waals surface area contributed by atoms with Crippen molar-refractivity contribution in [2.45, 2.75) is 26.7 Å². The number of hydrogen-bond acceptors (Lipinski definition) is 2. The van der Waals surface area contributed by atoms with E-state index in [4.69, 9.17) is 4.74 Å². The second-order valence-electron chi connectivity index (χ2n) is 3.71. The van der Waals surface area contributed by atoms with E-state index in [1.54, 1.807) is 0 Å². The Kier molecular flexibility index (Phi) is 5.86. The number of hydrogen-bond donors (Lipinski definition) is 1. The summed E-state index contributed by atoms with van der Waals surface area (Å²) in [5, 5.41) is 3.36. The molecule has 0 heterocycles. The Balaban J connectivity index is 2.12. The molecule has 0 unspecified atom stereocenters. The molecular weight excluding hydrogens is 186 g/mol. The number of rotatable bonds is 7. The molecule has 0 saturated carbocycles. The summed E-state index contributed by atoms with van der Waals surface area (Å²) in [7, 11) is 0. The van der Waals surface area contributed by atoms with Gasteiger partial charge in [0.05, 0.1) is 6.61 Å². The molecule has 0 fully saturated rings. The van der Waals surface area contributed by atoms with Crippen molar-refractivity contribution >= 4 is 5.69 Å². The summed E-state index contributed by atoms with van der Waals surface area (Å²) in [6.07, 6.45) is 2.36. The average Bonchev–Trinajstić information content (AvgIpc) is 2.25. The molecule has 0 atom stereocenters. The van der Waals surface area contributed by atoms with Crippen molar-refractivity contribution in [3.05, 3.63) is 29.8 Å². The number of para-hydroxylation sites is 1. The lowest BCUT2D eigenvalue weighted by atomic mass is 10.2. The van der Waals surface area contributed by atoms with Crippen LogP contribution in [0.2, 0.25) is 0 Å². The molecule has 1 N–H and O–H groups in total. The minimum Gasteiger partial charge on any atom is -0.383 e. The van der Waals surface area contributed by atoms with Gasteiger partial charge in [-0.1, -0.05) is 31.5 Å². The first-order chi connectivity index (χ1) is 7.34. The van der Waals surface area contributed by atoms with Gasteiger partial charge in [-0.05, 0) is 25.0 Å². The number of benzene rings is 1. The lowest BCUT2D eigenvalue weighted by molar-refractivity contribution is 0.141. The van der Waals surface area contributed by atoms with Crippen LogP contribution in [0.4, 0.5) is 5.69 Å². The van der Waals surface area contributed by atoms with Crippen LogP contribution in [0.1, 0.15) is 25.3 Å². The zero-order chi connectivity index (χ0) is 10.9. The summed E-state index contributed by atoms with van der Waals surface area (Å²) < 4.78 is 5.47. The van der Waals surface area contributed by atoms with Gasteiger partial charge in [0.15, 0.2) is 0 Å². The molecule has 0 aliphatic heterocycles. The van der Waals surface area contributed by atoms with Crippen LogP contribution < -0.4 is 5.32 Å². The van der Waals surface area contributed by atoms with Crippen LogP contribution in [0.3, 0.4) is 0 Å². The molecule has 1 aromatic carbocycles. The highest BCUT2D eigenvalue weighted by Crippen LogP contribution is 2.12. The van der Waals surface area contributed by atoms with Crippen molar-refractivity contribution < 1.29 is 4.74 Å². The maximum absolute atomic E-state index is 5.47. The first-order valence-corrected chi connectivity index (χ1v) is 5.72. The molecule has 84 valence electrons. The molecule has 15 heavy (non-hydrogen) atoms. The molecule has 2 heteroatoms. The molecular formula is C13H21NO. The minimum atomic E-state index is 0.786. The topological polar surface area (TPSA) is 21.3 Å². The Hall–Kier alpha value is -1.02. The van der Waals surface area contributed by atoms with E-state index < -0.39 is 0 Å². The fourth-order valence-corrected chi connectivity index (χ4v) is 1.38. The monoisotopic (exact) mass is 207 g/mol. The van der Waals surface area contributed by atoms with E-state index in [2.05, 4.69) is 37.4 Å². The van der Waals surface area contributed by atoms with Crippen molar-refractivity contribution in [2.75, 3.05) is 25.1 Å². The second kappa shape index (κ2) is 7.30. The maximum Gasteiger partial charge on any atom is 0.0639 e. The molecule has 0 aromatic heterocycles. The Labute approximate surface area is 92.6 Å². The zero-order valence-corrected chi connectivity index (χ0v) is 9.75. The van der Waals surface area contributed by atoms with Gasteiger partial charge >= 0.3 is 0 Å². The van der Waals surface area contributed by atoms with Gasteiger partial charge in [0.1, 0.15) is 0 Å². The van der Waals surface area contributed by atoms with E-state index in [1.807, 2.05) is 6.07 Å². The summed E-state index contributed by atoms with van der Waals surface area (Å²) in [6.45, 7) is 6.84. The van der Waals surface area contributed by atoms with Gasteiger partial charge < -0.3 is 10.1 Å². The van der Waals surface area contributed by atoms with Gasteiger partial charge in [0, 0.05) is 18.8 Å². The molecule has 0 amide bonds. The average molecular weight is 207 g/mol. The molecule has 0 saturated heterocycles. The predicted octanol–water partition coefficient (Wildman–Crippen LogP) is 3.22. The Morgan fingerprint density at radius 2 is 2.00 bits per heavy atom. The van der Waals surface area contributed by atoms with Gasteiger partial charge in [0.2, 0.25) is 0 Å². The Morgan fingerprint density at radius 1 is 1.20 bits per heavy atom. The second-order valence-corrected chi connectivity index (χ2v) is 3.71. The highest BCUT2D eigenvalue weighted by Gasteiger charge is 1.94. The van der Waals surface area contributed by atoms with Crippen LogP contribution in [-0.4, -0.2) is 19.8 Å². The molecule has 0 aliphatic carbocycles. The lowest BCUT2D eigenvalue weighted by Crippen LogP contribution is -2.10. The van der Waals surface area contributed by atoms with Gasteiger partial charge in [-0.15, -0.1) is 0 Å². The van der Waals surface area contributed by atoms with Crippen molar-refractivity contribution in [3.63, 3.8) is 0 Å². The third-order valence-corrected chi connectivity index (χ3v) is 2.35. The lowest BCUT2D eigenvalue weighted by Gasteiger charge is -2.09. The van der Waals surface area contributed by atoms with Crippen LogP contribution >= 0.6 is 0 Å². The van der Waals surface area contributed by atoms with Crippen LogP contribution in [0.5, 0.6) is 0 Å². The smallest absolute Gasteiger partial charge is 0.0639 e. The largest absolute Gasteiger partial charge is 0.383 e. The summed E-state index contributed by atoms with van der Waals surface area (Å²) in [6, 6.07) is 8.31. The van der Waals surface area contributed by atoms with Gasteiger partial charge in [-0.2, -0.15) is 0 Å². The molecule has 0 radical (unpaired) electrons. The first kappa shape index (κ1) is 12.1. The van der Waals surface area contributed by atoms with Crippen LogP contribution in [0.25, 0.3) is 0 Å². The van der Waals surface area contributed by atoms with Gasteiger partial charge in [0.25, 0.3) is 0 Å². The van der Waals surface area contributed by atoms with Gasteiger partial charge in [-0.3, -0.25) is 0 Å². The minimum absolute atomic E-state index is 0.786. The van der Waals surface area contributed by atoms with E-state index in [0.29, 0.717) is 0 Å².